The summed E-state index contributed by atoms with van der Waals surface area (Å²) >= 11 is 0. The van der Waals surface area contributed by atoms with Crippen LogP contribution in [0.1, 0.15) is 41.5 Å². The van der Waals surface area contributed by atoms with Crippen molar-refractivity contribution >= 4 is 17.9 Å². The Hall–Kier alpha value is -3.35. The fourth-order valence-corrected chi connectivity index (χ4v) is 2.99. The molecule has 2 rings (SSSR count). The van der Waals surface area contributed by atoms with Gasteiger partial charge in [0.1, 0.15) is 12.4 Å². The second kappa shape index (κ2) is 10.8. The maximum absolute atomic E-state index is 11.1. The highest BCUT2D eigenvalue weighted by atomic mass is 16.5. The van der Waals surface area contributed by atoms with E-state index in [9.17, 15) is 14.4 Å². The molecule has 0 radical (unpaired) electrons. The molecule has 0 heterocycles. The van der Waals surface area contributed by atoms with E-state index >= 15 is 0 Å². The van der Waals surface area contributed by atoms with E-state index in [1.54, 1.807) is 12.1 Å². The van der Waals surface area contributed by atoms with Crippen molar-refractivity contribution in [2.45, 2.75) is 45.1 Å². The highest BCUT2D eigenvalue weighted by molar-refractivity contribution is 5.69. The van der Waals surface area contributed by atoms with Crippen molar-refractivity contribution < 1.29 is 34.4 Å². The van der Waals surface area contributed by atoms with Gasteiger partial charge in [-0.05, 0) is 41.5 Å². The summed E-state index contributed by atoms with van der Waals surface area (Å²) in [5.74, 6) is -2.37. The van der Waals surface area contributed by atoms with Gasteiger partial charge in [0.2, 0.25) is 0 Å². The normalized spacial score (nSPS) is 10.5. The van der Waals surface area contributed by atoms with Gasteiger partial charge in [-0.1, -0.05) is 42.5 Å². The van der Waals surface area contributed by atoms with Gasteiger partial charge in [-0.15, -0.1) is 0 Å². The monoisotopic (exact) mass is 400 g/mol. The standard InChI is InChI=1S/C22H24O7/c23-19(24)9-6-16-12-17(7-10-20(25)26)22(18(13-16)8-11-21(27)28)29-14-15-4-2-1-3-5-15/h1-5,12-13H,6-11,14H2,(H,23,24)(H,25,26)(H,27,28). The Morgan fingerprint density at radius 2 is 1.17 bits per heavy atom. The second-order valence-corrected chi connectivity index (χ2v) is 6.70. The van der Waals surface area contributed by atoms with Gasteiger partial charge in [0.05, 0.1) is 0 Å². The van der Waals surface area contributed by atoms with Crippen LogP contribution in [-0.2, 0) is 40.3 Å². The molecule has 3 N–H and O–H groups in total. The van der Waals surface area contributed by atoms with Gasteiger partial charge in [-0.3, -0.25) is 14.4 Å². The Morgan fingerprint density at radius 1 is 0.690 bits per heavy atom. The molecule has 29 heavy (non-hydrogen) atoms. The molecule has 0 atom stereocenters. The summed E-state index contributed by atoms with van der Waals surface area (Å²) < 4.78 is 6.00. The minimum atomic E-state index is -0.956. The van der Waals surface area contributed by atoms with Crippen LogP contribution in [0.25, 0.3) is 0 Å². The maximum atomic E-state index is 11.1. The van der Waals surface area contributed by atoms with Crippen LogP contribution in [0.2, 0.25) is 0 Å². The van der Waals surface area contributed by atoms with Crippen LogP contribution in [0, 0.1) is 0 Å². The minimum Gasteiger partial charge on any atom is -0.488 e. The number of carboxylic acid groups (broad SMARTS) is 3. The molecular formula is C22H24O7. The third kappa shape index (κ3) is 7.65. The van der Waals surface area contributed by atoms with E-state index < -0.39 is 17.9 Å². The molecule has 0 aliphatic rings. The molecule has 7 heteroatoms. The summed E-state index contributed by atoms with van der Waals surface area (Å²) in [6.07, 6.45) is 0.404. The molecule has 0 aliphatic carbocycles. The van der Waals surface area contributed by atoms with E-state index in [0.29, 0.717) is 16.9 Å². The van der Waals surface area contributed by atoms with Crippen molar-refractivity contribution in [3.05, 3.63) is 64.7 Å². The summed E-state index contributed by atoms with van der Waals surface area (Å²) in [4.78, 5) is 33.1. The SMILES string of the molecule is O=C(O)CCc1cc(CCC(=O)O)c(OCc2ccccc2)c(CCC(=O)O)c1. The molecule has 0 bridgehead atoms. The number of carboxylic acids is 3. The van der Waals surface area contributed by atoms with E-state index in [-0.39, 0.29) is 45.1 Å². The Labute approximate surface area is 168 Å². The lowest BCUT2D eigenvalue weighted by atomic mass is 9.95. The smallest absolute Gasteiger partial charge is 0.303 e. The highest BCUT2D eigenvalue weighted by Crippen LogP contribution is 2.30. The van der Waals surface area contributed by atoms with E-state index in [1.165, 1.54) is 0 Å². The zero-order chi connectivity index (χ0) is 21.2. The number of rotatable bonds is 12. The van der Waals surface area contributed by atoms with Gasteiger partial charge < -0.3 is 20.1 Å². The first-order chi connectivity index (χ1) is 13.8. The number of aliphatic carboxylic acids is 3. The average molecular weight is 400 g/mol. The van der Waals surface area contributed by atoms with Crippen molar-refractivity contribution in [1.82, 2.24) is 0 Å². The van der Waals surface area contributed by atoms with Gasteiger partial charge in [-0.2, -0.15) is 0 Å². The Balaban J connectivity index is 2.37. The fourth-order valence-electron chi connectivity index (χ4n) is 2.99. The molecule has 154 valence electrons. The van der Waals surface area contributed by atoms with Crippen LogP contribution in [0.3, 0.4) is 0 Å². The lowest BCUT2D eigenvalue weighted by Gasteiger charge is -2.18. The minimum absolute atomic E-state index is 0.0685. The zero-order valence-electron chi connectivity index (χ0n) is 16.0. The van der Waals surface area contributed by atoms with Crippen LogP contribution in [0.15, 0.2) is 42.5 Å². The summed E-state index contributed by atoms with van der Waals surface area (Å²) in [5.41, 5.74) is 2.94. The van der Waals surface area contributed by atoms with Crippen molar-refractivity contribution in [3.63, 3.8) is 0 Å². The summed E-state index contributed by atoms with van der Waals surface area (Å²) in [6.45, 7) is 0.259. The topological polar surface area (TPSA) is 121 Å². The molecule has 0 unspecified atom stereocenters. The highest BCUT2D eigenvalue weighted by Gasteiger charge is 2.16. The van der Waals surface area contributed by atoms with E-state index in [0.717, 1.165) is 11.1 Å². The largest absolute Gasteiger partial charge is 0.488 e. The predicted octanol–water partition coefficient (Wildman–Crippen LogP) is 3.32. The Morgan fingerprint density at radius 3 is 1.66 bits per heavy atom. The molecule has 2 aromatic carbocycles. The quantitative estimate of drug-likeness (QED) is 0.500. The van der Waals surface area contributed by atoms with E-state index in [2.05, 4.69) is 0 Å². The third-order valence-electron chi connectivity index (χ3n) is 4.37. The molecule has 0 amide bonds. The van der Waals surface area contributed by atoms with Crippen LogP contribution >= 0.6 is 0 Å². The molecule has 7 nitrogen and oxygen atoms in total. The molecule has 0 saturated heterocycles. The predicted molar refractivity (Wildman–Crippen MR) is 105 cm³/mol. The summed E-state index contributed by atoms with van der Waals surface area (Å²) in [5, 5.41) is 27.1. The van der Waals surface area contributed by atoms with Crippen LogP contribution in [-0.4, -0.2) is 33.2 Å². The number of ether oxygens (including phenoxy) is 1. The molecule has 0 aromatic heterocycles. The van der Waals surface area contributed by atoms with Crippen LogP contribution in [0.4, 0.5) is 0 Å². The number of carbonyl (C=O) groups is 3. The van der Waals surface area contributed by atoms with Crippen LogP contribution in [0.5, 0.6) is 5.75 Å². The number of hydrogen-bond acceptors (Lipinski definition) is 4. The van der Waals surface area contributed by atoms with Gasteiger partial charge >= 0.3 is 17.9 Å². The van der Waals surface area contributed by atoms with Gasteiger partial charge in [-0.25, -0.2) is 0 Å². The molecule has 2 aromatic rings. The summed E-state index contributed by atoms with van der Waals surface area (Å²) in [7, 11) is 0. The van der Waals surface area contributed by atoms with Crippen molar-refractivity contribution in [2.75, 3.05) is 0 Å². The molecule has 0 aliphatic heterocycles. The first-order valence-electron chi connectivity index (χ1n) is 9.32. The molecule has 0 saturated carbocycles. The first kappa shape index (κ1) is 21.9. The lowest BCUT2D eigenvalue weighted by molar-refractivity contribution is -0.137. The number of benzene rings is 2. The molecular weight excluding hydrogens is 376 g/mol. The van der Waals surface area contributed by atoms with E-state index in [4.69, 9.17) is 20.1 Å². The van der Waals surface area contributed by atoms with Crippen LogP contribution < -0.4 is 4.74 Å². The maximum Gasteiger partial charge on any atom is 0.303 e. The third-order valence-corrected chi connectivity index (χ3v) is 4.37. The van der Waals surface area contributed by atoms with E-state index in [1.807, 2.05) is 30.3 Å². The summed E-state index contributed by atoms with van der Waals surface area (Å²) in [6, 6.07) is 13.0. The second-order valence-electron chi connectivity index (χ2n) is 6.70. The Bertz CT molecular complexity index is 820. The number of aryl methyl sites for hydroxylation is 3. The number of hydrogen-bond donors (Lipinski definition) is 3. The molecule has 0 spiro atoms. The zero-order valence-corrected chi connectivity index (χ0v) is 16.0. The van der Waals surface area contributed by atoms with Crippen molar-refractivity contribution in [2.24, 2.45) is 0 Å². The fraction of sp³-hybridized carbons (Fsp3) is 0.318. The van der Waals surface area contributed by atoms with Gasteiger partial charge in [0.15, 0.2) is 0 Å². The Kier molecular flexibility index (Phi) is 8.21. The average Bonchev–Trinajstić information content (AvgIpc) is 2.68. The van der Waals surface area contributed by atoms with Crippen molar-refractivity contribution in [1.29, 1.82) is 0 Å². The van der Waals surface area contributed by atoms with Crippen molar-refractivity contribution in [3.8, 4) is 5.75 Å². The molecule has 0 fully saturated rings. The van der Waals surface area contributed by atoms with Gasteiger partial charge in [0, 0.05) is 19.3 Å². The first-order valence-corrected chi connectivity index (χ1v) is 9.32. The lowest BCUT2D eigenvalue weighted by Crippen LogP contribution is -2.08. The van der Waals surface area contributed by atoms with Gasteiger partial charge in [0.25, 0.3) is 0 Å².